The first-order valence-corrected chi connectivity index (χ1v) is 8.07. The number of rotatable bonds is 8. The Labute approximate surface area is 130 Å². The zero-order valence-electron chi connectivity index (χ0n) is 12.7. The summed E-state index contributed by atoms with van der Waals surface area (Å²) in [6.45, 7) is 9.97. The fourth-order valence-corrected chi connectivity index (χ4v) is 3.03. The summed E-state index contributed by atoms with van der Waals surface area (Å²) in [6.07, 6.45) is 0.884. The van der Waals surface area contributed by atoms with E-state index in [4.69, 9.17) is 4.74 Å². The summed E-state index contributed by atoms with van der Waals surface area (Å²) >= 11 is 3.35. The van der Waals surface area contributed by atoms with E-state index in [-0.39, 0.29) is 18.0 Å². The number of hydrogen-bond donors (Lipinski definition) is 1. The molecule has 4 heteroatoms. The van der Waals surface area contributed by atoms with Gasteiger partial charge in [0.15, 0.2) is 0 Å². The van der Waals surface area contributed by atoms with E-state index in [0.717, 1.165) is 23.0 Å². The van der Waals surface area contributed by atoms with Gasteiger partial charge in [-0.15, -0.1) is 0 Å². The highest BCUT2D eigenvalue weighted by Gasteiger charge is 2.24. The quantitative estimate of drug-likeness (QED) is 0.763. The van der Waals surface area contributed by atoms with Gasteiger partial charge < -0.3 is 10.1 Å². The third kappa shape index (κ3) is 5.51. The minimum absolute atomic E-state index is 0.127. The van der Waals surface area contributed by atoms with Crippen molar-refractivity contribution in [1.29, 1.82) is 0 Å². The maximum Gasteiger partial charge on any atom is 0.124 e. The Morgan fingerprint density at radius 1 is 1.25 bits per heavy atom. The van der Waals surface area contributed by atoms with Gasteiger partial charge in [0.25, 0.3) is 0 Å². The monoisotopic (exact) mass is 345 g/mol. The first kappa shape index (κ1) is 17.6. The number of ether oxygens (including phenoxy) is 1. The Hall–Kier alpha value is -0.450. The molecule has 0 aliphatic rings. The van der Waals surface area contributed by atoms with E-state index in [2.05, 4.69) is 42.0 Å². The topological polar surface area (TPSA) is 21.3 Å². The molecule has 0 saturated heterocycles. The molecule has 1 rings (SSSR count). The van der Waals surface area contributed by atoms with Crippen LogP contribution in [-0.2, 0) is 11.2 Å². The van der Waals surface area contributed by atoms with E-state index in [1.54, 1.807) is 6.07 Å². The second kappa shape index (κ2) is 8.75. The lowest BCUT2D eigenvalue weighted by atomic mass is 9.93. The Bertz CT molecular complexity index is 391. The van der Waals surface area contributed by atoms with E-state index in [9.17, 15) is 4.39 Å². The summed E-state index contributed by atoms with van der Waals surface area (Å²) in [5, 5.41) is 3.47. The predicted octanol–water partition coefficient (Wildman–Crippen LogP) is 4.17. The Balaban J connectivity index is 2.89. The molecular formula is C16H25BrFNO. The van der Waals surface area contributed by atoms with Crippen LogP contribution in [0.3, 0.4) is 0 Å². The third-order valence-electron chi connectivity index (χ3n) is 3.26. The minimum Gasteiger partial charge on any atom is -0.377 e. The van der Waals surface area contributed by atoms with Gasteiger partial charge in [-0.25, -0.2) is 4.39 Å². The number of halogens is 2. The molecule has 0 amide bonds. The molecule has 0 radical (unpaired) electrons. The summed E-state index contributed by atoms with van der Waals surface area (Å²) in [6, 6.07) is 5.23. The van der Waals surface area contributed by atoms with Crippen molar-refractivity contribution in [2.45, 2.75) is 46.3 Å². The van der Waals surface area contributed by atoms with Crippen molar-refractivity contribution >= 4 is 15.9 Å². The standard InChI is InChI=1S/C16H25BrFNO/c1-5-19-15(16(11(3)4)20-6-2)9-12-7-13(17)10-14(18)8-12/h7-8,10-11,15-16,19H,5-6,9H2,1-4H3. The molecule has 0 spiro atoms. The lowest BCUT2D eigenvalue weighted by molar-refractivity contribution is 0.00394. The molecule has 114 valence electrons. The molecule has 0 heterocycles. The first-order valence-electron chi connectivity index (χ1n) is 7.27. The molecule has 20 heavy (non-hydrogen) atoms. The largest absolute Gasteiger partial charge is 0.377 e. The van der Waals surface area contributed by atoms with Crippen LogP contribution in [0.4, 0.5) is 4.39 Å². The van der Waals surface area contributed by atoms with Gasteiger partial charge in [0, 0.05) is 17.1 Å². The maximum atomic E-state index is 13.5. The van der Waals surface area contributed by atoms with Crippen LogP contribution in [0.5, 0.6) is 0 Å². The van der Waals surface area contributed by atoms with Gasteiger partial charge in [0.2, 0.25) is 0 Å². The molecule has 1 aromatic rings. The number of nitrogens with one attached hydrogen (secondary N) is 1. The molecule has 2 unspecified atom stereocenters. The third-order valence-corrected chi connectivity index (χ3v) is 3.71. The van der Waals surface area contributed by atoms with Gasteiger partial charge in [-0.05, 0) is 49.6 Å². The lowest BCUT2D eigenvalue weighted by Gasteiger charge is -2.31. The lowest BCUT2D eigenvalue weighted by Crippen LogP contribution is -2.45. The van der Waals surface area contributed by atoms with Crippen LogP contribution in [-0.4, -0.2) is 25.3 Å². The highest BCUT2D eigenvalue weighted by atomic mass is 79.9. The molecule has 0 aromatic heterocycles. The molecule has 0 aliphatic heterocycles. The average Bonchev–Trinajstić information content (AvgIpc) is 2.34. The molecule has 0 saturated carbocycles. The van der Waals surface area contributed by atoms with Crippen molar-refractivity contribution in [1.82, 2.24) is 5.32 Å². The van der Waals surface area contributed by atoms with Gasteiger partial charge in [0.1, 0.15) is 5.82 Å². The van der Waals surface area contributed by atoms with Crippen LogP contribution in [0.2, 0.25) is 0 Å². The van der Waals surface area contributed by atoms with Gasteiger partial charge in [-0.1, -0.05) is 36.7 Å². The summed E-state index contributed by atoms with van der Waals surface area (Å²) in [5.74, 6) is 0.207. The summed E-state index contributed by atoms with van der Waals surface area (Å²) < 4.78 is 20.2. The predicted molar refractivity (Wildman–Crippen MR) is 85.5 cm³/mol. The molecule has 2 atom stereocenters. The van der Waals surface area contributed by atoms with E-state index < -0.39 is 0 Å². The summed E-state index contributed by atoms with van der Waals surface area (Å²) in [7, 11) is 0. The van der Waals surface area contributed by atoms with E-state index in [1.165, 1.54) is 6.07 Å². The molecular weight excluding hydrogens is 321 g/mol. The number of benzene rings is 1. The molecule has 1 aromatic carbocycles. The van der Waals surface area contributed by atoms with Crippen molar-refractivity contribution in [2.24, 2.45) is 5.92 Å². The molecule has 0 aliphatic carbocycles. The van der Waals surface area contributed by atoms with Crippen LogP contribution in [0, 0.1) is 11.7 Å². The molecule has 0 fully saturated rings. The van der Waals surface area contributed by atoms with Crippen molar-refractivity contribution < 1.29 is 9.13 Å². The average molecular weight is 346 g/mol. The Morgan fingerprint density at radius 3 is 2.45 bits per heavy atom. The molecule has 0 bridgehead atoms. The fraction of sp³-hybridized carbons (Fsp3) is 0.625. The highest BCUT2D eigenvalue weighted by molar-refractivity contribution is 9.10. The highest BCUT2D eigenvalue weighted by Crippen LogP contribution is 2.20. The summed E-state index contributed by atoms with van der Waals surface area (Å²) in [5.41, 5.74) is 0.980. The van der Waals surface area contributed by atoms with E-state index in [0.29, 0.717) is 12.5 Å². The first-order chi connectivity index (χ1) is 9.47. The SMILES string of the molecule is CCNC(Cc1cc(F)cc(Br)c1)C(OCC)C(C)C. The summed E-state index contributed by atoms with van der Waals surface area (Å²) in [4.78, 5) is 0. The van der Waals surface area contributed by atoms with Crippen LogP contribution in [0.25, 0.3) is 0 Å². The number of hydrogen-bond acceptors (Lipinski definition) is 2. The van der Waals surface area contributed by atoms with Crippen LogP contribution in [0.15, 0.2) is 22.7 Å². The van der Waals surface area contributed by atoms with Crippen molar-refractivity contribution in [2.75, 3.05) is 13.2 Å². The maximum absolute atomic E-state index is 13.5. The van der Waals surface area contributed by atoms with Crippen molar-refractivity contribution in [3.05, 3.63) is 34.1 Å². The molecule has 1 N–H and O–H groups in total. The zero-order valence-corrected chi connectivity index (χ0v) is 14.3. The van der Waals surface area contributed by atoms with Gasteiger partial charge in [-0.3, -0.25) is 0 Å². The Morgan fingerprint density at radius 2 is 1.95 bits per heavy atom. The van der Waals surface area contributed by atoms with Crippen LogP contribution >= 0.6 is 15.9 Å². The minimum atomic E-state index is -0.206. The van der Waals surface area contributed by atoms with Gasteiger partial charge >= 0.3 is 0 Å². The van der Waals surface area contributed by atoms with Crippen LogP contribution in [0.1, 0.15) is 33.3 Å². The smallest absolute Gasteiger partial charge is 0.124 e. The second-order valence-electron chi connectivity index (χ2n) is 5.31. The number of likely N-dealkylation sites (N-methyl/N-ethyl adjacent to an activating group) is 1. The van der Waals surface area contributed by atoms with E-state index >= 15 is 0 Å². The van der Waals surface area contributed by atoms with Crippen molar-refractivity contribution in [3.63, 3.8) is 0 Å². The normalized spacial score (nSPS) is 14.6. The second-order valence-corrected chi connectivity index (χ2v) is 6.23. The Kier molecular flexibility index (Phi) is 7.70. The van der Waals surface area contributed by atoms with E-state index in [1.807, 2.05) is 13.0 Å². The zero-order chi connectivity index (χ0) is 15.1. The fourth-order valence-electron chi connectivity index (χ4n) is 2.52. The van der Waals surface area contributed by atoms with Gasteiger partial charge in [0.05, 0.1) is 6.10 Å². The van der Waals surface area contributed by atoms with Crippen LogP contribution < -0.4 is 5.32 Å². The molecule has 2 nitrogen and oxygen atoms in total. The van der Waals surface area contributed by atoms with Gasteiger partial charge in [-0.2, -0.15) is 0 Å². The van der Waals surface area contributed by atoms with Crippen molar-refractivity contribution in [3.8, 4) is 0 Å².